The van der Waals surface area contributed by atoms with E-state index in [-0.39, 0.29) is 0 Å². The van der Waals surface area contributed by atoms with Gasteiger partial charge in [-0.1, -0.05) is 31.2 Å². The van der Waals surface area contributed by atoms with E-state index < -0.39 is 0 Å². The van der Waals surface area contributed by atoms with E-state index in [1.165, 1.54) is 23.2 Å². The third-order valence-electron chi connectivity index (χ3n) is 4.28. The first-order valence-corrected chi connectivity index (χ1v) is 7.68. The van der Waals surface area contributed by atoms with Crippen molar-refractivity contribution in [2.24, 2.45) is 0 Å². The molecule has 3 nitrogen and oxygen atoms in total. The Morgan fingerprint density at radius 1 is 1.30 bits per heavy atom. The fourth-order valence-electron chi connectivity index (χ4n) is 3.22. The van der Waals surface area contributed by atoms with Crippen LogP contribution >= 0.6 is 0 Å². The molecule has 1 heterocycles. The van der Waals surface area contributed by atoms with E-state index in [2.05, 4.69) is 59.3 Å². The quantitative estimate of drug-likeness (QED) is 0.872. The van der Waals surface area contributed by atoms with Crippen molar-refractivity contribution in [1.29, 1.82) is 0 Å². The maximum atomic E-state index is 4.44. The molecule has 0 amide bonds. The molecule has 0 fully saturated rings. The van der Waals surface area contributed by atoms with Crippen LogP contribution in [-0.4, -0.2) is 16.3 Å². The second-order valence-electron chi connectivity index (χ2n) is 5.51. The van der Waals surface area contributed by atoms with Crippen LogP contribution < -0.4 is 5.32 Å². The summed E-state index contributed by atoms with van der Waals surface area (Å²) in [5, 5.41) is 8.17. The summed E-state index contributed by atoms with van der Waals surface area (Å²) in [6.45, 7) is 6.36. The number of hydrogen-bond acceptors (Lipinski definition) is 2. The molecule has 0 aliphatic heterocycles. The van der Waals surface area contributed by atoms with Crippen LogP contribution in [0.1, 0.15) is 49.0 Å². The van der Waals surface area contributed by atoms with E-state index in [0.717, 1.165) is 19.5 Å². The highest BCUT2D eigenvalue weighted by Crippen LogP contribution is 2.43. The minimum atomic E-state index is 0.382. The van der Waals surface area contributed by atoms with Gasteiger partial charge in [0.05, 0.1) is 11.7 Å². The number of fused-ring (bicyclic) bond motifs is 1. The van der Waals surface area contributed by atoms with Crippen molar-refractivity contribution in [2.75, 3.05) is 6.54 Å². The predicted octanol–water partition coefficient (Wildman–Crippen LogP) is 3.28. The van der Waals surface area contributed by atoms with Crippen LogP contribution in [0, 0.1) is 0 Å². The third-order valence-corrected chi connectivity index (χ3v) is 4.28. The molecule has 2 unspecified atom stereocenters. The molecule has 1 aliphatic rings. The monoisotopic (exact) mass is 269 g/mol. The lowest BCUT2D eigenvalue weighted by Crippen LogP contribution is -2.35. The van der Waals surface area contributed by atoms with Crippen LogP contribution in [0.25, 0.3) is 0 Å². The second-order valence-corrected chi connectivity index (χ2v) is 5.51. The van der Waals surface area contributed by atoms with Crippen molar-refractivity contribution in [3.05, 3.63) is 53.3 Å². The van der Waals surface area contributed by atoms with Gasteiger partial charge in [0.15, 0.2) is 0 Å². The van der Waals surface area contributed by atoms with Gasteiger partial charge >= 0.3 is 0 Å². The molecule has 0 saturated heterocycles. The van der Waals surface area contributed by atoms with Gasteiger partial charge in [0.2, 0.25) is 0 Å². The fraction of sp³-hybridized carbons (Fsp3) is 0.471. The predicted molar refractivity (Wildman–Crippen MR) is 81.8 cm³/mol. The van der Waals surface area contributed by atoms with Gasteiger partial charge in [0, 0.05) is 18.7 Å². The third kappa shape index (κ3) is 2.27. The van der Waals surface area contributed by atoms with Gasteiger partial charge in [-0.25, -0.2) is 0 Å². The highest BCUT2D eigenvalue weighted by molar-refractivity contribution is 5.42. The van der Waals surface area contributed by atoms with E-state index in [9.17, 15) is 0 Å². The molecule has 0 saturated carbocycles. The molecule has 1 N–H and O–H groups in total. The van der Waals surface area contributed by atoms with E-state index in [0.29, 0.717) is 12.0 Å². The van der Waals surface area contributed by atoms with Crippen LogP contribution in [0.4, 0.5) is 0 Å². The van der Waals surface area contributed by atoms with Crippen LogP contribution in [0.15, 0.2) is 36.5 Å². The minimum absolute atomic E-state index is 0.382. The Hall–Kier alpha value is -1.61. The second kappa shape index (κ2) is 5.80. The SMILES string of the molecule is CCCNC(c1ccnn1CC)C1Cc2ccccc21. The molecule has 1 aromatic heterocycles. The molecule has 0 spiro atoms. The molecular formula is C17H23N3. The Bertz CT molecular complexity index is 573. The molecular weight excluding hydrogens is 246 g/mol. The number of aromatic nitrogens is 2. The van der Waals surface area contributed by atoms with Crippen LogP contribution in [0.5, 0.6) is 0 Å². The summed E-state index contributed by atoms with van der Waals surface area (Å²) in [7, 11) is 0. The molecule has 3 rings (SSSR count). The molecule has 3 heteroatoms. The summed E-state index contributed by atoms with van der Waals surface area (Å²) in [4.78, 5) is 0. The first-order valence-electron chi connectivity index (χ1n) is 7.68. The summed E-state index contributed by atoms with van der Waals surface area (Å²) in [5.74, 6) is 0.583. The average molecular weight is 269 g/mol. The maximum Gasteiger partial charge on any atom is 0.0564 e. The summed E-state index contributed by atoms with van der Waals surface area (Å²) < 4.78 is 2.12. The first-order chi connectivity index (χ1) is 9.85. The largest absolute Gasteiger partial charge is 0.308 e. The molecule has 2 aromatic rings. The standard InChI is InChI=1S/C17H23N3/c1-3-10-18-17(16-9-11-19-20(16)4-2)15-12-13-7-5-6-8-14(13)15/h5-9,11,15,17-18H,3-4,10,12H2,1-2H3. The first kappa shape index (κ1) is 13.4. The molecule has 106 valence electrons. The van der Waals surface area contributed by atoms with Crippen LogP contribution in [0.3, 0.4) is 0 Å². The van der Waals surface area contributed by atoms with Gasteiger partial charge in [-0.2, -0.15) is 5.10 Å². The summed E-state index contributed by atoms with van der Waals surface area (Å²) in [6, 6.07) is 11.4. The molecule has 0 radical (unpaired) electrons. The highest BCUT2D eigenvalue weighted by Gasteiger charge is 2.34. The Morgan fingerprint density at radius 3 is 2.90 bits per heavy atom. The van der Waals surface area contributed by atoms with Gasteiger partial charge in [0.1, 0.15) is 0 Å². The van der Waals surface area contributed by atoms with E-state index >= 15 is 0 Å². The van der Waals surface area contributed by atoms with Crippen molar-refractivity contribution in [3.8, 4) is 0 Å². The van der Waals surface area contributed by atoms with Crippen molar-refractivity contribution in [3.63, 3.8) is 0 Å². The van der Waals surface area contributed by atoms with Gasteiger partial charge in [-0.15, -0.1) is 0 Å². The molecule has 1 aromatic carbocycles. The summed E-state index contributed by atoms with van der Waals surface area (Å²) in [6.07, 6.45) is 4.25. The smallest absolute Gasteiger partial charge is 0.0564 e. The number of aryl methyl sites for hydroxylation is 1. The molecule has 2 atom stereocenters. The van der Waals surface area contributed by atoms with Crippen molar-refractivity contribution >= 4 is 0 Å². The topological polar surface area (TPSA) is 29.9 Å². The van der Waals surface area contributed by atoms with Gasteiger partial charge in [-0.05, 0) is 43.5 Å². The van der Waals surface area contributed by atoms with E-state index in [1.54, 1.807) is 0 Å². The van der Waals surface area contributed by atoms with Crippen molar-refractivity contribution in [1.82, 2.24) is 15.1 Å². The highest BCUT2D eigenvalue weighted by atomic mass is 15.3. The Balaban J connectivity index is 1.88. The lowest BCUT2D eigenvalue weighted by atomic mass is 9.72. The Morgan fingerprint density at radius 2 is 2.15 bits per heavy atom. The van der Waals surface area contributed by atoms with E-state index in [1.807, 2.05) is 6.20 Å². The fourth-order valence-corrected chi connectivity index (χ4v) is 3.22. The zero-order chi connectivity index (χ0) is 13.9. The zero-order valence-corrected chi connectivity index (χ0v) is 12.3. The zero-order valence-electron chi connectivity index (χ0n) is 12.3. The van der Waals surface area contributed by atoms with Crippen molar-refractivity contribution < 1.29 is 0 Å². The van der Waals surface area contributed by atoms with Gasteiger partial charge in [0.25, 0.3) is 0 Å². The normalized spacial score (nSPS) is 18.4. The average Bonchev–Trinajstić information content (AvgIpc) is 2.92. The van der Waals surface area contributed by atoms with E-state index in [4.69, 9.17) is 0 Å². The van der Waals surface area contributed by atoms with Crippen molar-refractivity contribution in [2.45, 2.75) is 45.2 Å². The molecule has 0 bridgehead atoms. The summed E-state index contributed by atoms with van der Waals surface area (Å²) >= 11 is 0. The lowest BCUT2D eigenvalue weighted by Gasteiger charge is -2.37. The number of benzene rings is 1. The van der Waals surface area contributed by atoms with Gasteiger partial charge in [-0.3, -0.25) is 4.68 Å². The number of hydrogen-bond donors (Lipinski definition) is 1. The van der Waals surface area contributed by atoms with Crippen LogP contribution in [-0.2, 0) is 13.0 Å². The Kier molecular flexibility index (Phi) is 3.88. The number of nitrogens with one attached hydrogen (secondary N) is 1. The summed E-state index contributed by atoms with van der Waals surface area (Å²) in [5.41, 5.74) is 4.33. The Labute approximate surface area is 121 Å². The minimum Gasteiger partial charge on any atom is -0.308 e. The molecule has 1 aliphatic carbocycles. The van der Waals surface area contributed by atoms with Crippen LogP contribution in [0.2, 0.25) is 0 Å². The number of rotatable bonds is 6. The maximum absolute atomic E-state index is 4.44. The lowest BCUT2D eigenvalue weighted by molar-refractivity contribution is 0.385. The van der Waals surface area contributed by atoms with Gasteiger partial charge < -0.3 is 5.32 Å². The molecule has 20 heavy (non-hydrogen) atoms. The number of nitrogens with zero attached hydrogens (tertiary/aromatic N) is 2.